The summed E-state index contributed by atoms with van der Waals surface area (Å²) in [4.78, 5) is 16.3. The molecule has 110 valence electrons. The summed E-state index contributed by atoms with van der Waals surface area (Å²) in [6.07, 6.45) is 3.51. The fraction of sp³-hybridized carbons (Fsp3) is 0.286. The molecule has 1 amide bonds. The fourth-order valence-corrected chi connectivity index (χ4v) is 4.10. The summed E-state index contributed by atoms with van der Waals surface area (Å²) in [7, 11) is -3.01. The van der Waals surface area contributed by atoms with Gasteiger partial charge in [0.2, 0.25) is 0 Å². The Morgan fingerprint density at radius 3 is 2.71 bits per heavy atom. The highest BCUT2D eigenvalue weighted by molar-refractivity contribution is 7.91. The standard InChI is InChI=1S/C14H15N3O3S/c18-14(16-11-6-7-21(19,20)9-11)13-8-15-10-17(13)12-4-2-1-3-5-12/h1-5,8,10-11H,6-7,9H2,(H,16,18)/t11-/m0/s1. The van der Waals surface area contributed by atoms with Gasteiger partial charge in [0, 0.05) is 11.7 Å². The number of imidazole rings is 1. The quantitative estimate of drug-likeness (QED) is 0.909. The Balaban J connectivity index is 1.79. The Bertz CT molecular complexity index is 753. The van der Waals surface area contributed by atoms with E-state index >= 15 is 0 Å². The van der Waals surface area contributed by atoms with E-state index in [0.717, 1.165) is 5.69 Å². The third-order valence-corrected chi connectivity index (χ3v) is 5.24. The molecule has 2 heterocycles. The van der Waals surface area contributed by atoms with E-state index in [0.29, 0.717) is 12.1 Å². The SMILES string of the molecule is O=C(N[C@H]1CCS(=O)(=O)C1)c1cncn1-c1ccccc1. The normalized spacial score (nSPS) is 20.3. The molecule has 0 saturated carbocycles. The van der Waals surface area contributed by atoms with Gasteiger partial charge < -0.3 is 5.32 Å². The molecule has 7 heteroatoms. The maximum Gasteiger partial charge on any atom is 0.270 e. The van der Waals surface area contributed by atoms with E-state index in [2.05, 4.69) is 10.3 Å². The van der Waals surface area contributed by atoms with Crippen LogP contribution in [0, 0.1) is 0 Å². The van der Waals surface area contributed by atoms with Gasteiger partial charge in [0.15, 0.2) is 9.84 Å². The molecule has 6 nitrogen and oxygen atoms in total. The molecule has 3 rings (SSSR count). The minimum atomic E-state index is -3.01. The minimum Gasteiger partial charge on any atom is -0.347 e. The second kappa shape index (κ2) is 5.33. The number of rotatable bonds is 3. The van der Waals surface area contributed by atoms with Crippen LogP contribution in [-0.2, 0) is 9.84 Å². The lowest BCUT2D eigenvalue weighted by Crippen LogP contribution is -2.36. The van der Waals surface area contributed by atoms with Crippen LogP contribution in [0.1, 0.15) is 16.9 Å². The highest BCUT2D eigenvalue weighted by Gasteiger charge is 2.29. The molecular weight excluding hydrogens is 290 g/mol. The monoisotopic (exact) mass is 305 g/mol. The van der Waals surface area contributed by atoms with Gasteiger partial charge >= 0.3 is 0 Å². The van der Waals surface area contributed by atoms with Gasteiger partial charge in [0.25, 0.3) is 5.91 Å². The summed E-state index contributed by atoms with van der Waals surface area (Å²) in [5.41, 5.74) is 1.23. The molecule has 1 aromatic carbocycles. The van der Waals surface area contributed by atoms with Crippen molar-refractivity contribution in [2.75, 3.05) is 11.5 Å². The number of sulfone groups is 1. The molecule has 1 N–H and O–H groups in total. The van der Waals surface area contributed by atoms with E-state index in [1.54, 1.807) is 10.9 Å². The predicted molar refractivity (Wildman–Crippen MR) is 78.1 cm³/mol. The molecule has 0 spiro atoms. The van der Waals surface area contributed by atoms with Gasteiger partial charge in [-0.2, -0.15) is 0 Å². The average molecular weight is 305 g/mol. The number of para-hydroxylation sites is 1. The van der Waals surface area contributed by atoms with E-state index in [9.17, 15) is 13.2 Å². The third-order valence-electron chi connectivity index (χ3n) is 3.47. The summed E-state index contributed by atoms with van der Waals surface area (Å²) in [5, 5.41) is 2.77. The summed E-state index contributed by atoms with van der Waals surface area (Å²) in [5.74, 6) is -0.160. The number of carbonyl (C=O) groups is 1. The van der Waals surface area contributed by atoms with Crippen molar-refractivity contribution >= 4 is 15.7 Å². The topological polar surface area (TPSA) is 81.1 Å². The van der Waals surface area contributed by atoms with E-state index in [1.807, 2.05) is 30.3 Å². The van der Waals surface area contributed by atoms with Crippen molar-refractivity contribution in [2.24, 2.45) is 0 Å². The van der Waals surface area contributed by atoms with Gasteiger partial charge in [-0.3, -0.25) is 9.36 Å². The number of nitrogens with zero attached hydrogens (tertiary/aromatic N) is 2. The highest BCUT2D eigenvalue weighted by atomic mass is 32.2. The van der Waals surface area contributed by atoms with E-state index in [1.165, 1.54) is 6.20 Å². The van der Waals surface area contributed by atoms with E-state index in [-0.39, 0.29) is 23.5 Å². The van der Waals surface area contributed by atoms with Crippen molar-refractivity contribution < 1.29 is 13.2 Å². The molecule has 1 saturated heterocycles. The first-order chi connectivity index (χ1) is 10.1. The molecule has 1 fully saturated rings. The van der Waals surface area contributed by atoms with Crippen LogP contribution in [0.3, 0.4) is 0 Å². The highest BCUT2D eigenvalue weighted by Crippen LogP contribution is 2.14. The summed E-state index contributed by atoms with van der Waals surface area (Å²) < 4.78 is 24.5. The van der Waals surface area contributed by atoms with Crippen LogP contribution in [0.2, 0.25) is 0 Å². The Hall–Kier alpha value is -2.15. The van der Waals surface area contributed by atoms with Gasteiger partial charge in [-0.1, -0.05) is 18.2 Å². The molecule has 0 aliphatic carbocycles. The third kappa shape index (κ3) is 2.97. The zero-order valence-electron chi connectivity index (χ0n) is 11.3. The van der Waals surface area contributed by atoms with Gasteiger partial charge in [-0.25, -0.2) is 13.4 Å². The van der Waals surface area contributed by atoms with Crippen molar-refractivity contribution in [3.63, 3.8) is 0 Å². The van der Waals surface area contributed by atoms with Crippen LogP contribution in [0.4, 0.5) is 0 Å². The molecule has 0 radical (unpaired) electrons. The molecule has 21 heavy (non-hydrogen) atoms. The molecule has 1 aliphatic heterocycles. The molecule has 1 aliphatic rings. The lowest BCUT2D eigenvalue weighted by atomic mass is 10.2. The second-order valence-electron chi connectivity index (χ2n) is 5.06. The van der Waals surface area contributed by atoms with Gasteiger partial charge in [0.05, 0.1) is 24.0 Å². The average Bonchev–Trinajstić information content (AvgIpc) is 3.06. The van der Waals surface area contributed by atoms with Crippen molar-refractivity contribution in [3.05, 3.63) is 48.5 Å². The van der Waals surface area contributed by atoms with E-state index < -0.39 is 9.84 Å². The van der Waals surface area contributed by atoms with Crippen LogP contribution in [0.5, 0.6) is 0 Å². The second-order valence-corrected chi connectivity index (χ2v) is 7.29. The number of aromatic nitrogens is 2. The first kappa shape index (κ1) is 13.8. The van der Waals surface area contributed by atoms with Crippen LogP contribution in [0.15, 0.2) is 42.9 Å². The largest absolute Gasteiger partial charge is 0.347 e. The lowest BCUT2D eigenvalue weighted by molar-refractivity contribution is 0.0934. The zero-order valence-corrected chi connectivity index (χ0v) is 12.1. The maximum atomic E-state index is 12.3. The van der Waals surface area contributed by atoms with Crippen molar-refractivity contribution in [1.29, 1.82) is 0 Å². The Morgan fingerprint density at radius 1 is 1.29 bits per heavy atom. The Morgan fingerprint density at radius 2 is 2.05 bits per heavy atom. The van der Waals surface area contributed by atoms with Gasteiger partial charge in [-0.05, 0) is 18.6 Å². The molecule has 1 aromatic heterocycles. The molecule has 0 bridgehead atoms. The van der Waals surface area contributed by atoms with Crippen LogP contribution in [-0.4, -0.2) is 41.4 Å². The predicted octanol–water partition coefficient (Wildman–Crippen LogP) is 0.789. The lowest BCUT2D eigenvalue weighted by Gasteiger charge is -2.12. The van der Waals surface area contributed by atoms with Crippen molar-refractivity contribution in [3.8, 4) is 5.69 Å². The smallest absolute Gasteiger partial charge is 0.270 e. The Labute approximate surface area is 122 Å². The van der Waals surface area contributed by atoms with Crippen LogP contribution >= 0.6 is 0 Å². The van der Waals surface area contributed by atoms with Crippen molar-refractivity contribution in [2.45, 2.75) is 12.5 Å². The number of hydrogen-bond donors (Lipinski definition) is 1. The number of amides is 1. The molecular formula is C14H15N3O3S. The van der Waals surface area contributed by atoms with Crippen LogP contribution < -0.4 is 5.32 Å². The maximum absolute atomic E-state index is 12.3. The van der Waals surface area contributed by atoms with Gasteiger partial charge in [-0.15, -0.1) is 0 Å². The molecule has 0 unspecified atom stereocenters. The number of nitrogens with one attached hydrogen (secondary N) is 1. The Kier molecular flexibility index (Phi) is 3.50. The number of hydrogen-bond acceptors (Lipinski definition) is 4. The first-order valence-electron chi connectivity index (χ1n) is 6.64. The summed E-state index contributed by atoms with van der Waals surface area (Å²) in [6.45, 7) is 0. The molecule has 1 atom stereocenters. The zero-order chi connectivity index (χ0) is 14.9. The minimum absolute atomic E-state index is 0.0121. The number of carbonyl (C=O) groups excluding carboxylic acids is 1. The molecule has 2 aromatic rings. The first-order valence-corrected chi connectivity index (χ1v) is 8.46. The van der Waals surface area contributed by atoms with Crippen molar-refractivity contribution in [1.82, 2.24) is 14.9 Å². The van der Waals surface area contributed by atoms with E-state index in [4.69, 9.17) is 0 Å². The van der Waals surface area contributed by atoms with Gasteiger partial charge in [0.1, 0.15) is 5.69 Å². The summed E-state index contributed by atoms with van der Waals surface area (Å²) in [6, 6.07) is 9.07. The number of benzene rings is 1. The van der Waals surface area contributed by atoms with Crippen LogP contribution in [0.25, 0.3) is 5.69 Å². The summed E-state index contributed by atoms with van der Waals surface area (Å²) >= 11 is 0. The fourth-order valence-electron chi connectivity index (χ4n) is 2.43.